The van der Waals surface area contributed by atoms with Crippen molar-refractivity contribution in [3.05, 3.63) is 24.3 Å². The smallest absolute Gasteiger partial charge is 0.225 e. The summed E-state index contributed by atoms with van der Waals surface area (Å²) in [5, 5.41) is 5.02. The summed E-state index contributed by atoms with van der Waals surface area (Å²) < 4.78 is 49.5. The van der Waals surface area contributed by atoms with Gasteiger partial charge in [-0.3, -0.25) is 0 Å². The van der Waals surface area contributed by atoms with Gasteiger partial charge in [0.1, 0.15) is 9.79 Å². The zero-order chi connectivity index (χ0) is 14.7. The third-order valence-electron chi connectivity index (χ3n) is 2.52. The Morgan fingerprint density at radius 1 is 1.16 bits per heavy atom. The van der Waals surface area contributed by atoms with Gasteiger partial charge in [-0.15, -0.1) is 0 Å². The van der Waals surface area contributed by atoms with Crippen LogP contribution in [0, 0.1) is 0 Å². The fourth-order valence-electron chi connectivity index (χ4n) is 1.73. The van der Waals surface area contributed by atoms with Gasteiger partial charge < -0.3 is 0 Å². The van der Waals surface area contributed by atoms with Crippen LogP contribution >= 0.6 is 0 Å². The minimum atomic E-state index is -4.08. The van der Waals surface area contributed by atoms with E-state index in [1.165, 1.54) is 24.3 Å². The van der Waals surface area contributed by atoms with Crippen LogP contribution in [0.25, 0.3) is 0 Å². The van der Waals surface area contributed by atoms with E-state index in [0.29, 0.717) is 6.42 Å². The first-order valence-electron chi connectivity index (χ1n) is 5.82. The zero-order valence-electron chi connectivity index (χ0n) is 10.8. The van der Waals surface area contributed by atoms with E-state index in [1.807, 2.05) is 6.92 Å². The van der Waals surface area contributed by atoms with Gasteiger partial charge in [-0.1, -0.05) is 25.5 Å². The molecule has 0 aliphatic rings. The quantitative estimate of drug-likeness (QED) is 0.810. The fraction of sp³-hybridized carbons (Fsp3) is 0.455. The molecular weight excluding hydrogens is 288 g/mol. The number of primary sulfonamides is 1. The lowest BCUT2D eigenvalue weighted by molar-refractivity contribution is 0.540. The first-order chi connectivity index (χ1) is 8.68. The van der Waals surface area contributed by atoms with Gasteiger partial charge in [0.25, 0.3) is 0 Å². The van der Waals surface area contributed by atoms with E-state index < -0.39 is 24.9 Å². The summed E-state index contributed by atoms with van der Waals surface area (Å²) in [5.41, 5.74) is 0. The third-order valence-corrected chi connectivity index (χ3v) is 5.27. The second-order valence-electron chi connectivity index (χ2n) is 4.30. The van der Waals surface area contributed by atoms with Crippen LogP contribution in [0.4, 0.5) is 0 Å². The van der Waals surface area contributed by atoms with Crippen molar-refractivity contribution in [1.82, 2.24) is 4.72 Å². The zero-order valence-corrected chi connectivity index (χ0v) is 12.5. The van der Waals surface area contributed by atoms with E-state index in [4.69, 9.17) is 5.14 Å². The number of nitrogens with one attached hydrogen (secondary N) is 1. The van der Waals surface area contributed by atoms with Gasteiger partial charge in [-0.05, 0) is 25.5 Å². The molecule has 0 spiro atoms. The minimum absolute atomic E-state index is 0.275. The van der Waals surface area contributed by atoms with Crippen molar-refractivity contribution in [2.75, 3.05) is 0 Å². The summed E-state index contributed by atoms with van der Waals surface area (Å²) in [6, 6.07) is 5.00. The molecule has 3 N–H and O–H groups in total. The Balaban J connectivity index is 3.23. The summed E-state index contributed by atoms with van der Waals surface area (Å²) in [6.07, 6.45) is 1.48. The summed E-state index contributed by atoms with van der Waals surface area (Å²) in [5.74, 6) is 0. The van der Waals surface area contributed by atoms with Crippen LogP contribution in [0.5, 0.6) is 0 Å². The number of hydrogen-bond acceptors (Lipinski definition) is 4. The molecule has 0 aliphatic heterocycles. The van der Waals surface area contributed by atoms with Gasteiger partial charge in [0, 0.05) is 6.04 Å². The Morgan fingerprint density at radius 3 is 2.16 bits per heavy atom. The molecule has 1 aromatic carbocycles. The molecule has 0 saturated carbocycles. The lowest BCUT2D eigenvalue weighted by Gasteiger charge is -2.14. The van der Waals surface area contributed by atoms with Gasteiger partial charge in [0.05, 0.1) is 0 Å². The van der Waals surface area contributed by atoms with Crippen molar-refractivity contribution >= 4 is 20.0 Å². The number of nitrogens with two attached hydrogens (primary N) is 1. The number of benzene rings is 1. The van der Waals surface area contributed by atoms with E-state index in [9.17, 15) is 16.8 Å². The average Bonchev–Trinajstić information content (AvgIpc) is 2.27. The highest BCUT2D eigenvalue weighted by molar-refractivity contribution is 7.92. The normalized spacial score (nSPS) is 14.3. The molecule has 6 nitrogen and oxygen atoms in total. The molecule has 8 heteroatoms. The summed E-state index contributed by atoms with van der Waals surface area (Å²) in [4.78, 5) is -0.716. The molecule has 1 atom stereocenters. The highest BCUT2D eigenvalue weighted by Gasteiger charge is 2.24. The number of rotatable bonds is 6. The second-order valence-corrected chi connectivity index (χ2v) is 7.52. The monoisotopic (exact) mass is 306 g/mol. The molecule has 0 aliphatic carbocycles. The van der Waals surface area contributed by atoms with Gasteiger partial charge in [-0.2, -0.15) is 0 Å². The van der Waals surface area contributed by atoms with Gasteiger partial charge in [-0.25, -0.2) is 26.7 Å². The lowest BCUT2D eigenvalue weighted by atomic mass is 10.2. The Labute approximate surface area is 114 Å². The van der Waals surface area contributed by atoms with Crippen molar-refractivity contribution in [2.45, 2.75) is 42.5 Å². The van der Waals surface area contributed by atoms with Crippen LogP contribution in [0.2, 0.25) is 0 Å². The molecule has 0 amide bonds. The van der Waals surface area contributed by atoms with Crippen LogP contribution in [0.15, 0.2) is 34.1 Å². The first-order valence-corrected chi connectivity index (χ1v) is 8.85. The Kier molecular flexibility index (Phi) is 5.08. The predicted octanol–water partition coefficient (Wildman–Crippen LogP) is 0.801. The van der Waals surface area contributed by atoms with E-state index in [2.05, 4.69) is 4.72 Å². The van der Waals surface area contributed by atoms with E-state index >= 15 is 0 Å². The minimum Gasteiger partial charge on any atom is -0.225 e. The third kappa shape index (κ3) is 4.27. The van der Waals surface area contributed by atoms with Gasteiger partial charge in [0.2, 0.25) is 20.0 Å². The molecule has 1 unspecified atom stereocenters. The SMILES string of the molecule is CCCC(C)NS(=O)(=O)c1ccccc1S(N)(=O)=O. The standard InChI is InChI=1S/C11H18N2O4S2/c1-3-6-9(2)13-19(16,17)11-8-5-4-7-10(11)18(12,14)15/h4-5,7-9,13H,3,6H2,1-2H3,(H2,12,14,15). The molecule has 1 aromatic rings. The topological polar surface area (TPSA) is 106 Å². The number of hydrogen-bond donors (Lipinski definition) is 2. The van der Waals surface area contributed by atoms with Crippen molar-refractivity contribution in [1.29, 1.82) is 0 Å². The summed E-state index contributed by atoms with van der Waals surface area (Å²) in [7, 11) is -7.99. The molecule has 0 heterocycles. The number of sulfonamides is 2. The molecule has 0 fully saturated rings. The maximum Gasteiger partial charge on any atom is 0.242 e. The predicted molar refractivity (Wildman–Crippen MR) is 72.5 cm³/mol. The molecule has 0 saturated heterocycles. The highest BCUT2D eigenvalue weighted by Crippen LogP contribution is 2.19. The van der Waals surface area contributed by atoms with E-state index in [0.717, 1.165) is 6.42 Å². The van der Waals surface area contributed by atoms with Crippen LogP contribution in [0.1, 0.15) is 26.7 Å². The fourth-order valence-corrected chi connectivity index (χ4v) is 4.39. The van der Waals surface area contributed by atoms with Gasteiger partial charge in [0.15, 0.2) is 0 Å². The second kappa shape index (κ2) is 6.00. The largest absolute Gasteiger partial charge is 0.242 e. The average molecular weight is 306 g/mol. The summed E-state index contributed by atoms with van der Waals surface area (Å²) in [6.45, 7) is 3.66. The highest BCUT2D eigenvalue weighted by atomic mass is 32.2. The molecule has 19 heavy (non-hydrogen) atoms. The Morgan fingerprint density at radius 2 is 1.68 bits per heavy atom. The van der Waals surface area contributed by atoms with Crippen molar-refractivity contribution in [2.24, 2.45) is 5.14 Å². The van der Waals surface area contributed by atoms with E-state index in [-0.39, 0.29) is 10.9 Å². The van der Waals surface area contributed by atoms with Crippen LogP contribution in [0.3, 0.4) is 0 Å². The summed E-state index contributed by atoms with van der Waals surface area (Å²) >= 11 is 0. The van der Waals surface area contributed by atoms with E-state index in [1.54, 1.807) is 6.92 Å². The molecule has 0 aromatic heterocycles. The molecular formula is C11H18N2O4S2. The molecule has 1 rings (SSSR count). The lowest BCUT2D eigenvalue weighted by Crippen LogP contribution is -2.33. The van der Waals surface area contributed by atoms with Crippen molar-refractivity contribution < 1.29 is 16.8 Å². The maximum atomic E-state index is 12.2. The van der Waals surface area contributed by atoms with Crippen molar-refractivity contribution in [3.8, 4) is 0 Å². The Bertz CT molecular complexity index is 638. The van der Waals surface area contributed by atoms with Gasteiger partial charge >= 0.3 is 0 Å². The molecule has 108 valence electrons. The Hall–Kier alpha value is -0.960. The van der Waals surface area contributed by atoms with Crippen molar-refractivity contribution in [3.63, 3.8) is 0 Å². The van der Waals surface area contributed by atoms with Crippen LogP contribution in [-0.2, 0) is 20.0 Å². The molecule has 0 bridgehead atoms. The molecule has 0 radical (unpaired) electrons. The maximum absolute atomic E-state index is 12.2. The van der Waals surface area contributed by atoms with Crippen LogP contribution in [-0.4, -0.2) is 22.9 Å². The van der Waals surface area contributed by atoms with Crippen LogP contribution < -0.4 is 9.86 Å². The first kappa shape index (κ1) is 16.1.